The first-order chi connectivity index (χ1) is 10.1. The monoisotopic (exact) mass is 295 g/mol. The molecule has 0 fully saturated rings. The number of aliphatic hydroxyl groups is 1. The van der Waals surface area contributed by atoms with E-state index >= 15 is 0 Å². The predicted molar refractivity (Wildman–Crippen MR) is 81.4 cm³/mol. The number of nitrogens with one attached hydrogen (secondary N) is 1. The van der Waals surface area contributed by atoms with Gasteiger partial charge in [0.1, 0.15) is 18.4 Å². The van der Waals surface area contributed by atoms with Crippen LogP contribution in [0.4, 0.5) is 0 Å². The van der Waals surface area contributed by atoms with Crippen molar-refractivity contribution in [3.8, 4) is 5.75 Å². The molecule has 0 heterocycles. The number of rotatable bonds is 9. The summed E-state index contributed by atoms with van der Waals surface area (Å²) in [4.78, 5) is 11.9. The van der Waals surface area contributed by atoms with E-state index in [-0.39, 0.29) is 25.2 Å². The third-order valence-corrected chi connectivity index (χ3v) is 2.86. The predicted octanol–water partition coefficient (Wildman–Crippen LogP) is 1.53. The van der Waals surface area contributed by atoms with E-state index < -0.39 is 6.04 Å². The molecule has 2 N–H and O–H groups in total. The number of hydrogen-bond acceptors (Lipinski definition) is 5. The van der Waals surface area contributed by atoms with E-state index in [4.69, 9.17) is 14.6 Å². The van der Waals surface area contributed by atoms with Gasteiger partial charge in [0.2, 0.25) is 0 Å². The van der Waals surface area contributed by atoms with Crippen LogP contribution in [0.2, 0.25) is 0 Å². The van der Waals surface area contributed by atoms with Crippen LogP contribution in [-0.4, -0.2) is 43.0 Å². The molecule has 1 atom stereocenters. The number of carbonyl (C=O) groups excluding carboxylic acids is 1. The second-order valence-electron chi connectivity index (χ2n) is 5.02. The van der Waals surface area contributed by atoms with Gasteiger partial charge in [0, 0.05) is 12.6 Å². The van der Waals surface area contributed by atoms with Crippen LogP contribution < -0.4 is 10.1 Å². The van der Waals surface area contributed by atoms with Crippen molar-refractivity contribution in [1.82, 2.24) is 5.32 Å². The summed E-state index contributed by atoms with van der Waals surface area (Å²) in [6.45, 7) is 6.31. The molecule has 0 bridgehead atoms. The molecule has 0 aromatic heterocycles. The Kier molecular flexibility index (Phi) is 7.79. The number of benzene rings is 1. The summed E-state index contributed by atoms with van der Waals surface area (Å²) < 4.78 is 10.8. The molecule has 0 aliphatic rings. The van der Waals surface area contributed by atoms with Gasteiger partial charge >= 0.3 is 5.97 Å². The van der Waals surface area contributed by atoms with Crippen LogP contribution in [0.5, 0.6) is 5.75 Å². The molecular weight excluding hydrogens is 270 g/mol. The summed E-state index contributed by atoms with van der Waals surface area (Å²) in [6, 6.07) is 7.14. The number of hydrogen-bond donors (Lipinski definition) is 2. The highest BCUT2D eigenvalue weighted by atomic mass is 16.5. The van der Waals surface area contributed by atoms with Gasteiger partial charge in [-0.1, -0.05) is 32.0 Å². The molecule has 118 valence electrons. The largest absolute Gasteiger partial charge is 0.491 e. The first-order valence-electron chi connectivity index (χ1n) is 7.32. The van der Waals surface area contributed by atoms with E-state index in [0.29, 0.717) is 18.8 Å². The molecule has 0 spiro atoms. The number of carbonyl (C=O) groups is 1. The zero-order valence-corrected chi connectivity index (χ0v) is 13.0. The van der Waals surface area contributed by atoms with Crippen molar-refractivity contribution in [2.24, 2.45) is 0 Å². The second-order valence-corrected chi connectivity index (χ2v) is 5.02. The zero-order chi connectivity index (χ0) is 15.7. The molecule has 5 nitrogen and oxygen atoms in total. The van der Waals surface area contributed by atoms with Crippen molar-refractivity contribution in [3.05, 3.63) is 29.8 Å². The molecule has 1 unspecified atom stereocenters. The lowest BCUT2D eigenvalue weighted by molar-refractivity contribution is -0.146. The third kappa shape index (κ3) is 6.14. The first-order valence-corrected chi connectivity index (χ1v) is 7.32. The van der Waals surface area contributed by atoms with Crippen LogP contribution >= 0.6 is 0 Å². The lowest BCUT2D eigenvalue weighted by atomic mass is 10.1. The molecule has 0 aliphatic heterocycles. The zero-order valence-electron chi connectivity index (χ0n) is 13.0. The molecular formula is C16H25NO4. The van der Waals surface area contributed by atoms with Crippen molar-refractivity contribution in [1.29, 1.82) is 0 Å². The van der Waals surface area contributed by atoms with Gasteiger partial charge in [-0.2, -0.15) is 0 Å². The molecule has 0 amide bonds. The van der Waals surface area contributed by atoms with E-state index in [2.05, 4.69) is 5.32 Å². The number of para-hydroxylation sites is 1. The number of ether oxygens (including phenoxy) is 2. The minimum atomic E-state index is -0.507. The summed E-state index contributed by atoms with van der Waals surface area (Å²) in [7, 11) is 0. The average molecular weight is 295 g/mol. The highest BCUT2D eigenvalue weighted by Gasteiger charge is 2.21. The fourth-order valence-corrected chi connectivity index (χ4v) is 1.97. The number of aliphatic hydroxyl groups excluding tert-OH is 1. The molecule has 0 saturated carbocycles. The molecule has 0 radical (unpaired) electrons. The molecule has 5 heteroatoms. The Labute approximate surface area is 126 Å². The minimum Gasteiger partial charge on any atom is -0.491 e. The fraction of sp³-hybridized carbons (Fsp3) is 0.562. The summed E-state index contributed by atoms with van der Waals surface area (Å²) in [5.41, 5.74) is 0.923. The van der Waals surface area contributed by atoms with Crippen molar-refractivity contribution >= 4 is 5.97 Å². The van der Waals surface area contributed by atoms with Crippen LogP contribution in [0.15, 0.2) is 24.3 Å². The van der Waals surface area contributed by atoms with Crippen molar-refractivity contribution in [3.63, 3.8) is 0 Å². The SMILES string of the molecule is CCOC(=O)C(COc1ccccc1CCO)NC(C)C. The van der Waals surface area contributed by atoms with Crippen molar-refractivity contribution in [2.45, 2.75) is 39.3 Å². The van der Waals surface area contributed by atoms with E-state index in [1.807, 2.05) is 38.1 Å². The summed E-state index contributed by atoms with van der Waals surface area (Å²) in [6.07, 6.45) is 0.526. The lowest BCUT2D eigenvalue weighted by Crippen LogP contribution is -2.45. The van der Waals surface area contributed by atoms with Gasteiger partial charge in [-0.3, -0.25) is 10.1 Å². The molecule has 1 aromatic carbocycles. The van der Waals surface area contributed by atoms with Gasteiger partial charge in [-0.05, 0) is 25.0 Å². The Morgan fingerprint density at radius 2 is 2.05 bits per heavy atom. The minimum absolute atomic E-state index is 0.0614. The van der Waals surface area contributed by atoms with Crippen LogP contribution in [0.3, 0.4) is 0 Å². The maximum Gasteiger partial charge on any atom is 0.326 e. The van der Waals surface area contributed by atoms with Crippen LogP contribution in [0.25, 0.3) is 0 Å². The van der Waals surface area contributed by atoms with E-state index in [1.54, 1.807) is 6.92 Å². The summed E-state index contributed by atoms with van der Waals surface area (Å²) >= 11 is 0. The fourth-order valence-electron chi connectivity index (χ4n) is 1.97. The normalized spacial score (nSPS) is 12.2. The Balaban J connectivity index is 2.69. The first kappa shape index (κ1) is 17.5. The van der Waals surface area contributed by atoms with Gasteiger partial charge < -0.3 is 14.6 Å². The van der Waals surface area contributed by atoms with E-state index in [9.17, 15) is 4.79 Å². The number of esters is 1. The van der Waals surface area contributed by atoms with Gasteiger partial charge in [-0.15, -0.1) is 0 Å². The van der Waals surface area contributed by atoms with E-state index in [0.717, 1.165) is 5.56 Å². The topological polar surface area (TPSA) is 67.8 Å². The summed E-state index contributed by atoms with van der Waals surface area (Å²) in [5.74, 6) is 0.372. The Morgan fingerprint density at radius 3 is 2.67 bits per heavy atom. The maximum absolute atomic E-state index is 11.9. The quantitative estimate of drug-likeness (QED) is 0.676. The van der Waals surface area contributed by atoms with E-state index in [1.165, 1.54) is 0 Å². The average Bonchev–Trinajstić information content (AvgIpc) is 2.45. The maximum atomic E-state index is 11.9. The molecule has 0 aliphatic carbocycles. The molecule has 21 heavy (non-hydrogen) atoms. The Morgan fingerprint density at radius 1 is 1.33 bits per heavy atom. The molecule has 1 rings (SSSR count). The van der Waals surface area contributed by atoms with Gasteiger partial charge in [-0.25, -0.2) is 0 Å². The summed E-state index contributed by atoms with van der Waals surface area (Å²) in [5, 5.41) is 12.2. The Hall–Kier alpha value is -1.59. The third-order valence-electron chi connectivity index (χ3n) is 2.86. The van der Waals surface area contributed by atoms with Gasteiger partial charge in [0.25, 0.3) is 0 Å². The second kappa shape index (κ2) is 9.37. The van der Waals surface area contributed by atoms with Gasteiger partial charge in [0.05, 0.1) is 6.61 Å². The van der Waals surface area contributed by atoms with Crippen molar-refractivity contribution < 1.29 is 19.4 Å². The van der Waals surface area contributed by atoms with Gasteiger partial charge in [0.15, 0.2) is 0 Å². The smallest absolute Gasteiger partial charge is 0.326 e. The lowest BCUT2D eigenvalue weighted by Gasteiger charge is -2.21. The molecule has 1 aromatic rings. The standard InChI is InChI=1S/C16H25NO4/c1-4-20-16(19)14(17-12(2)3)11-21-15-8-6-5-7-13(15)9-10-18/h5-8,12,14,17-18H,4,9-11H2,1-3H3. The highest BCUT2D eigenvalue weighted by Crippen LogP contribution is 2.18. The van der Waals surface area contributed by atoms with Crippen LogP contribution in [0, 0.1) is 0 Å². The Bertz CT molecular complexity index is 434. The van der Waals surface area contributed by atoms with Crippen LogP contribution in [0.1, 0.15) is 26.3 Å². The van der Waals surface area contributed by atoms with Crippen LogP contribution in [-0.2, 0) is 16.0 Å². The van der Waals surface area contributed by atoms with Crippen molar-refractivity contribution in [2.75, 3.05) is 19.8 Å². The highest BCUT2D eigenvalue weighted by molar-refractivity contribution is 5.76. The molecule has 0 saturated heterocycles.